The standard InChI is InChI=1S/C25H25ClFN3O3S/c1-17-4-3-5-23(18(17)2)28-34(32,33)24-16-19(6-11-22(24)26)25(31)30-14-12-29(13-15-30)21-9-7-20(27)8-10-21/h3-11,16,28H,12-15H2,1-2H3. The topological polar surface area (TPSA) is 69.7 Å². The molecule has 1 amide bonds. The molecule has 9 heteroatoms. The van der Waals surface area contributed by atoms with Crippen LogP contribution in [0.15, 0.2) is 65.6 Å². The molecule has 0 aliphatic carbocycles. The van der Waals surface area contributed by atoms with E-state index in [4.69, 9.17) is 11.6 Å². The predicted molar refractivity (Wildman–Crippen MR) is 133 cm³/mol. The van der Waals surface area contributed by atoms with Gasteiger partial charge in [0.25, 0.3) is 15.9 Å². The van der Waals surface area contributed by atoms with Crippen molar-refractivity contribution < 1.29 is 17.6 Å². The summed E-state index contributed by atoms with van der Waals surface area (Å²) in [6.45, 7) is 5.83. The smallest absolute Gasteiger partial charge is 0.263 e. The number of hydrogen-bond acceptors (Lipinski definition) is 4. The number of piperazine rings is 1. The fourth-order valence-corrected chi connectivity index (χ4v) is 5.56. The Hall–Kier alpha value is -3.10. The van der Waals surface area contributed by atoms with Gasteiger partial charge in [-0.05, 0) is 73.5 Å². The van der Waals surface area contributed by atoms with Crippen molar-refractivity contribution in [3.05, 3.63) is 88.2 Å². The molecule has 0 radical (unpaired) electrons. The number of nitrogens with one attached hydrogen (secondary N) is 1. The molecule has 0 saturated carbocycles. The highest BCUT2D eigenvalue weighted by atomic mass is 35.5. The molecular weight excluding hydrogens is 477 g/mol. The number of amides is 1. The predicted octanol–water partition coefficient (Wildman–Crippen LogP) is 4.86. The summed E-state index contributed by atoms with van der Waals surface area (Å²) < 4.78 is 42.0. The average molecular weight is 502 g/mol. The molecule has 178 valence electrons. The second kappa shape index (κ2) is 9.64. The number of rotatable bonds is 5. The Morgan fingerprint density at radius 2 is 1.65 bits per heavy atom. The number of carbonyl (C=O) groups is 1. The first-order valence-corrected chi connectivity index (χ1v) is 12.7. The third kappa shape index (κ3) is 5.03. The van der Waals surface area contributed by atoms with Gasteiger partial charge in [-0.1, -0.05) is 23.7 Å². The van der Waals surface area contributed by atoms with E-state index in [-0.39, 0.29) is 27.2 Å². The lowest BCUT2D eigenvalue weighted by Crippen LogP contribution is -2.48. The maximum Gasteiger partial charge on any atom is 0.263 e. The molecule has 1 fully saturated rings. The Morgan fingerprint density at radius 3 is 2.32 bits per heavy atom. The number of anilines is 2. The largest absolute Gasteiger partial charge is 0.368 e. The van der Waals surface area contributed by atoms with Crippen LogP contribution in [0.25, 0.3) is 0 Å². The van der Waals surface area contributed by atoms with Gasteiger partial charge in [0.1, 0.15) is 10.7 Å². The number of benzene rings is 3. The molecule has 4 rings (SSSR count). The van der Waals surface area contributed by atoms with Gasteiger partial charge < -0.3 is 9.80 Å². The fourth-order valence-electron chi connectivity index (χ4n) is 3.91. The molecule has 0 atom stereocenters. The third-order valence-electron chi connectivity index (χ3n) is 6.08. The first kappa shape index (κ1) is 24.0. The zero-order chi connectivity index (χ0) is 24.5. The number of carbonyl (C=O) groups excluding carboxylic acids is 1. The van der Waals surface area contributed by atoms with Gasteiger partial charge in [0, 0.05) is 37.4 Å². The Bertz CT molecular complexity index is 1320. The van der Waals surface area contributed by atoms with Crippen molar-refractivity contribution in [3.8, 4) is 0 Å². The van der Waals surface area contributed by atoms with Gasteiger partial charge in [0.05, 0.1) is 10.7 Å². The van der Waals surface area contributed by atoms with Gasteiger partial charge in [-0.3, -0.25) is 9.52 Å². The molecular formula is C25H25ClFN3O3S. The minimum absolute atomic E-state index is 0.0375. The second-order valence-electron chi connectivity index (χ2n) is 8.25. The summed E-state index contributed by atoms with van der Waals surface area (Å²) in [5, 5.41) is 0.0375. The van der Waals surface area contributed by atoms with Crippen LogP contribution >= 0.6 is 11.6 Å². The summed E-state index contributed by atoms with van der Waals surface area (Å²) in [5.74, 6) is -0.559. The van der Waals surface area contributed by atoms with E-state index < -0.39 is 10.0 Å². The van der Waals surface area contributed by atoms with E-state index in [9.17, 15) is 17.6 Å². The summed E-state index contributed by atoms with van der Waals surface area (Å²) in [6.07, 6.45) is 0. The van der Waals surface area contributed by atoms with Crippen LogP contribution in [0.3, 0.4) is 0 Å². The Morgan fingerprint density at radius 1 is 0.971 bits per heavy atom. The van der Waals surface area contributed by atoms with Crippen LogP contribution in [0.1, 0.15) is 21.5 Å². The third-order valence-corrected chi connectivity index (χ3v) is 7.92. The lowest BCUT2D eigenvalue weighted by atomic mass is 10.1. The number of aryl methyl sites for hydroxylation is 1. The normalized spacial score (nSPS) is 14.2. The summed E-state index contributed by atoms with van der Waals surface area (Å²) in [7, 11) is -4.01. The summed E-state index contributed by atoms with van der Waals surface area (Å²) in [6, 6.07) is 15.9. The Balaban J connectivity index is 1.51. The van der Waals surface area contributed by atoms with Crippen molar-refractivity contribution in [2.24, 2.45) is 0 Å². The fraction of sp³-hybridized carbons (Fsp3) is 0.240. The van der Waals surface area contributed by atoms with Crippen molar-refractivity contribution in [2.45, 2.75) is 18.7 Å². The van der Waals surface area contributed by atoms with Crippen molar-refractivity contribution in [1.29, 1.82) is 0 Å². The van der Waals surface area contributed by atoms with Gasteiger partial charge >= 0.3 is 0 Å². The number of halogens is 2. The zero-order valence-electron chi connectivity index (χ0n) is 18.9. The number of sulfonamides is 1. The molecule has 1 aliphatic rings. The van der Waals surface area contributed by atoms with E-state index in [0.717, 1.165) is 16.8 Å². The van der Waals surface area contributed by atoms with E-state index in [1.54, 1.807) is 29.2 Å². The Kier molecular flexibility index (Phi) is 6.81. The molecule has 1 N–H and O–H groups in total. The van der Waals surface area contributed by atoms with Gasteiger partial charge in [-0.15, -0.1) is 0 Å². The second-order valence-corrected chi connectivity index (χ2v) is 10.3. The molecule has 0 aromatic heterocycles. The van der Waals surface area contributed by atoms with Crippen LogP contribution in [0.2, 0.25) is 5.02 Å². The van der Waals surface area contributed by atoms with Crippen LogP contribution < -0.4 is 9.62 Å². The molecule has 6 nitrogen and oxygen atoms in total. The SMILES string of the molecule is Cc1cccc(NS(=O)(=O)c2cc(C(=O)N3CCN(c4ccc(F)cc4)CC3)ccc2Cl)c1C. The monoisotopic (exact) mass is 501 g/mol. The molecule has 0 bridgehead atoms. The van der Waals surface area contributed by atoms with Crippen molar-refractivity contribution >= 4 is 38.9 Å². The van der Waals surface area contributed by atoms with Crippen LogP contribution in [-0.2, 0) is 10.0 Å². The van der Waals surface area contributed by atoms with Crippen molar-refractivity contribution in [1.82, 2.24) is 4.90 Å². The maximum atomic E-state index is 13.2. The highest BCUT2D eigenvalue weighted by molar-refractivity contribution is 7.92. The van der Waals surface area contributed by atoms with E-state index in [1.165, 1.54) is 30.3 Å². The summed E-state index contributed by atoms with van der Waals surface area (Å²) >= 11 is 6.23. The van der Waals surface area contributed by atoms with Crippen LogP contribution in [0, 0.1) is 19.7 Å². The first-order valence-electron chi connectivity index (χ1n) is 10.8. The molecule has 0 spiro atoms. The molecule has 34 heavy (non-hydrogen) atoms. The Labute approximate surface area is 204 Å². The first-order chi connectivity index (χ1) is 16.2. The van der Waals surface area contributed by atoms with Crippen LogP contribution in [0.4, 0.5) is 15.8 Å². The highest BCUT2D eigenvalue weighted by Crippen LogP contribution is 2.28. The van der Waals surface area contributed by atoms with Crippen molar-refractivity contribution in [3.63, 3.8) is 0 Å². The van der Waals surface area contributed by atoms with Crippen LogP contribution in [0.5, 0.6) is 0 Å². The van der Waals surface area contributed by atoms with Gasteiger partial charge in [0.2, 0.25) is 0 Å². The molecule has 1 aliphatic heterocycles. The lowest BCUT2D eigenvalue weighted by molar-refractivity contribution is 0.0746. The van der Waals surface area contributed by atoms with E-state index >= 15 is 0 Å². The molecule has 0 unspecified atom stereocenters. The number of hydrogen-bond donors (Lipinski definition) is 1. The number of nitrogens with zero attached hydrogens (tertiary/aromatic N) is 2. The zero-order valence-corrected chi connectivity index (χ0v) is 20.5. The van der Waals surface area contributed by atoms with E-state index in [1.807, 2.05) is 19.9 Å². The quantitative estimate of drug-likeness (QED) is 0.542. The van der Waals surface area contributed by atoms with Crippen LogP contribution in [-0.4, -0.2) is 45.4 Å². The minimum atomic E-state index is -4.01. The van der Waals surface area contributed by atoms with E-state index in [0.29, 0.717) is 31.9 Å². The van der Waals surface area contributed by atoms with Crippen molar-refractivity contribution in [2.75, 3.05) is 35.8 Å². The van der Waals surface area contributed by atoms with E-state index in [2.05, 4.69) is 9.62 Å². The molecule has 3 aromatic carbocycles. The van der Waals surface area contributed by atoms with Gasteiger partial charge in [0.15, 0.2) is 0 Å². The average Bonchev–Trinajstić information content (AvgIpc) is 2.82. The van der Waals surface area contributed by atoms with Gasteiger partial charge in [-0.2, -0.15) is 0 Å². The molecule has 1 heterocycles. The molecule has 3 aromatic rings. The summed E-state index contributed by atoms with van der Waals surface area (Å²) in [5.41, 5.74) is 3.38. The summed E-state index contributed by atoms with van der Waals surface area (Å²) in [4.78, 5) is 16.7. The minimum Gasteiger partial charge on any atom is -0.368 e. The maximum absolute atomic E-state index is 13.2. The lowest BCUT2D eigenvalue weighted by Gasteiger charge is -2.36. The van der Waals surface area contributed by atoms with Gasteiger partial charge in [-0.25, -0.2) is 12.8 Å². The molecule has 1 saturated heterocycles. The highest BCUT2D eigenvalue weighted by Gasteiger charge is 2.26.